The predicted octanol–water partition coefficient (Wildman–Crippen LogP) is 4.34. The Labute approximate surface area is 186 Å². The second-order valence-corrected chi connectivity index (χ2v) is 8.07. The maximum atomic E-state index is 14.8. The molecule has 2 aromatic heterocycles. The third-order valence-corrected chi connectivity index (χ3v) is 5.94. The fraction of sp³-hybridized carbons (Fsp3) is 0.304. The van der Waals surface area contributed by atoms with Gasteiger partial charge in [-0.1, -0.05) is 12.1 Å². The van der Waals surface area contributed by atoms with E-state index in [1.165, 1.54) is 40.3 Å². The van der Waals surface area contributed by atoms with Crippen LogP contribution in [0.15, 0.2) is 53.2 Å². The lowest BCUT2D eigenvalue weighted by atomic mass is 10.0. The molecule has 0 unspecified atom stereocenters. The van der Waals surface area contributed by atoms with Gasteiger partial charge in [0.15, 0.2) is 11.5 Å². The number of halogens is 3. The fourth-order valence-corrected chi connectivity index (χ4v) is 4.32. The van der Waals surface area contributed by atoms with E-state index in [-0.39, 0.29) is 36.4 Å². The SMILES string of the molecule is Cc1cccc(-n2nccn2)c1C(=O)N1CCC(F)(F)[C@H]1CCc1nc2ccc(F)cc2o1. The highest BCUT2D eigenvalue weighted by atomic mass is 19.3. The number of alkyl halides is 2. The van der Waals surface area contributed by atoms with Crippen molar-refractivity contribution in [2.45, 2.75) is 38.2 Å². The van der Waals surface area contributed by atoms with Crippen LogP contribution in [0.5, 0.6) is 0 Å². The van der Waals surface area contributed by atoms with Gasteiger partial charge < -0.3 is 9.32 Å². The van der Waals surface area contributed by atoms with Crippen LogP contribution in [0.25, 0.3) is 16.8 Å². The van der Waals surface area contributed by atoms with Crippen molar-refractivity contribution in [1.82, 2.24) is 24.9 Å². The maximum absolute atomic E-state index is 14.8. The molecule has 33 heavy (non-hydrogen) atoms. The summed E-state index contributed by atoms with van der Waals surface area (Å²) in [5.74, 6) is -3.80. The van der Waals surface area contributed by atoms with Crippen molar-refractivity contribution in [2.75, 3.05) is 6.54 Å². The molecule has 2 aromatic carbocycles. The Morgan fingerprint density at radius 2 is 2.00 bits per heavy atom. The third kappa shape index (κ3) is 3.85. The standard InChI is InChI=1S/C23H20F3N5O2/c1-14-3-2-4-17(31-27-10-11-28-31)21(14)22(32)30-12-9-23(25,26)19(30)7-8-20-29-16-6-5-15(24)13-18(16)33-20/h2-6,10-11,13,19H,7-9,12H2,1H3/t19-/m1/s1. The van der Waals surface area contributed by atoms with E-state index in [0.717, 1.165) is 0 Å². The number of likely N-dealkylation sites (tertiary alicyclic amines) is 1. The summed E-state index contributed by atoms with van der Waals surface area (Å²) in [7, 11) is 0. The first-order valence-electron chi connectivity index (χ1n) is 10.5. The Morgan fingerprint density at radius 1 is 1.21 bits per heavy atom. The molecule has 1 amide bonds. The summed E-state index contributed by atoms with van der Waals surface area (Å²) in [4.78, 5) is 20.3. The molecule has 0 bridgehead atoms. The number of aryl methyl sites for hydroxylation is 2. The molecule has 10 heteroatoms. The van der Waals surface area contributed by atoms with E-state index in [1.807, 2.05) is 0 Å². The molecule has 0 aliphatic carbocycles. The number of fused-ring (bicyclic) bond motifs is 1. The number of hydrogen-bond acceptors (Lipinski definition) is 5. The van der Waals surface area contributed by atoms with Gasteiger partial charge in [0.1, 0.15) is 11.3 Å². The number of nitrogens with zero attached hydrogens (tertiary/aromatic N) is 5. The van der Waals surface area contributed by atoms with Gasteiger partial charge in [-0.15, -0.1) is 0 Å². The highest BCUT2D eigenvalue weighted by Crippen LogP contribution is 2.38. The molecule has 4 aromatic rings. The van der Waals surface area contributed by atoms with E-state index in [1.54, 1.807) is 25.1 Å². The second kappa shape index (κ2) is 8.02. The number of benzene rings is 2. The lowest BCUT2D eigenvalue weighted by molar-refractivity contribution is -0.0324. The van der Waals surface area contributed by atoms with Crippen LogP contribution in [0.1, 0.15) is 34.7 Å². The molecule has 5 rings (SSSR count). The fourth-order valence-electron chi connectivity index (χ4n) is 4.32. The van der Waals surface area contributed by atoms with E-state index < -0.39 is 30.1 Å². The van der Waals surface area contributed by atoms with Crippen LogP contribution in [-0.4, -0.2) is 49.3 Å². The zero-order chi connectivity index (χ0) is 23.2. The van der Waals surface area contributed by atoms with Gasteiger partial charge in [-0.05, 0) is 37.1 Å². The lowest BCUT2D eigenvalue weighted by Gasteiger charge is -2.28. The molecule has 1 fully saturated rings. The number of aromatic nitrogens is 4. The molecule has 1 aliphatic heterocycles. The predicted molar refractivity (Wildman–Crippen MR) is 113 cm³/mol. The van der Waals surface area contributed by atoms with Gasteiger partial charge in [0, 0.05) is 25.5 Å². The lowest BCUT2D eigenvalue weighted by Crippen LogP contribution is -2.43. The average Bonchev–Trinajstić information content (AvgIpc) is 3.50. The van der Waals surface area contributed by atoms with Gasteiger partial charge in [0.05, 0.1) is 29.7 Å². The Morgan fingerprint density at radius 3 is 2.79 bits per heavy atom. The van der Waals surface area contributed by atoms with E-state index in [9.17, 15) is 18.0 Å². The maximum Gasteiger partial charge on any atom is 0.269 e. The minimum atomic E-state index is -3.05. The first-order valence-corrected chi connectivity index (χ1v) is 10.5. The Balaban J connectivity index is 1.42. The van der Waals surface area contributed by atoms with Crippen molar-refractivity contribution < 1.29 is 22.4 Å². The highest BCUT2D eigenvalue weighted by Gasteiger charge is 2.50. The van der Waals surface area contributed by atoms with Crippen molar-refractivity contribution in [2.24, 2.45) is 0 Å². The molecular weight excluding hydrogens is 435 g/mol. The van der Waals surface area contributed by atoms with Crippen LogP contribution in [0.2, 0.25) is 0 Å². The number of rotatable bonds is 5. The number of amides is 1. The van der Waals surface area contributed by atoms with Gasteiger partial charge in [0.25, 0.3) is 11.8 Å². The normalized spacial score (nSPS) is 17.7. The van der Waals surface area contributed by atoms with Crippen molar-refractivity contribution in [3.8, 4) is 5.69 Å². The summed E-state index contributed by atoms with van der Waals surface area (Å²) in [5, 5.41) is 8.17. The number of carbonyl (C=O) groups excluding carboxylic acids is 1. The van der Waals surface area contributed by atoms with Crippen molar-refractivity contribution >= 4 is 17.0 Å². The molecule has 3 heterocycles. The molecule has 1 aliphatic rings. The minimum Gasteiger partial charge on any atom is -0.441 e. The smallest absolute Gasteiger partial charge is 0.269 e. The molecule has 0 radical (unpaired) electrons. The number of hydrogen-bond donors (Lipinski definition) is 0. The summed E-state index contributed by atoms with van der Waals surface area (Å²) in [6.45, 7) is 1.68. The first kappa shape index (κ1) is 21.2. The zero-order valence-corrected chi connectivity index (χ0v) is 17.7. The second-order valence-electron chi connectivity index (χ2n) is 8.07. The van der Waals surface area contributed by atoms with Crippen LogP contribution in [-0.2, 0) is 6.42 Å². The Hall–Kier alpha value is -3.69. The molecule has 170 valence electrons. The van der Waals surface area contributed by atoms with Gasteiger partial charge in [-0.2, -0.15) is 15.0 Å². The van der Waals surface area contributed by atoms with E-state index >= 15 is 0 Å². The summed E-state index contributed by atoms with van der Waals surface area (Å²) in [6.07, 6.45) is 2.57. The summed E-state index contributed by atoms with van der Waals surface area (Å²) in [5.41, 5.74) is 2.07. The Kier molecular flexibility index (Phi) is 5.15. The zero-order valence-electron chi connectivity index (χ0n) is 17.7. The largest absolute Gasteiger partial charge is 0.441 e. The number of carbonyl (C=O) groups is 1. The Bertz CT molecular complexity index is 1320. The summed E-state index contributed by atoms with van der Waals surface area (Å²) >= 11 is 0. The van der Waals surface area contributed by atoms with Crippen LogP contribution in [0, 0.1) is 12.7 Å². The quantitative estimate of drug-likeness (QED) is 0.448. The molecule has 1 atom stereocenters. The topological polar surface area (TPSA) is 77.1 Å². The van der Waals surface area contributed by atoms with E-state index in [4.69, 9.17) is 4.42 Å². The molecule has 0 saturated carbocycles. The van der Waals surface area contributed by atoms with E-state index in [2.05, 4.69) is 15.2 Å². The van der Waals surface area contributed by atoms with Gasteiger partial charge in [-0.3, -0.25) is 4.79 Å². The molecule has 7 nitrogen and oxygen atoms in total. The van der Waals surface area contributed by atoms with Crippen LogP contribution in [0.4, 0.5) is 13.2 Å². The third-order valence-electron chi connectivity index (χ3n) is 5.94. The van der Waals surface area contributed by atoms with Crippen molar-refractivity contribution in [3.05, 3.63) is 71.6 Å². The molecule has 1 saturated heterocycles. The molecule has 0 spiro atoms. The van der Waals surface area contributed by atoms with Crippen molar-refractivity contribution in [1.29, 1.82) is 0 Å². The van der Waals surface area contributed by atoms with Crippen molar-refractivity contribution in [3.63, 3.8) is 0 Å². The average molecular weight is 455 g/mol. The van der Waals surface area contributed by atoms with Gasteiger partial charge in [-0.25, -0.2) is 18.2 Å². The monoisotopic (exact) mass is 455 g/mol. The summed E-state index contributed by atoms with van der Waals surface area (Å²) < 4.78 is 48.6. The molecular formula is C23H20F3N5O2. The minimum absolute atomic E-state index is 0.0464. The number of oxazole rings is 1. The van der Waals surface area contributed by atoms with Gasteiger partial charge >= 0.3 is 0 Å². The van der Waals surface area contributed by atoms with E-state index in [0.29, 0.717) is 16.8 Å². The molecule has 0 N–H and O–H groups in total. The van der Waals surface area contributed by atoms with Crippen LogP contribution < -0.4 is 0 Å². The summed E-state index contributed by atoms with van der Waals surface area (Å²) in [6, 6.07) is 7.80. The van der Waals surface area contributed by atoms with Crippen LogP contribution in [0.3, 0.4) is 0 Å². The van der Waals surface area contributed by atoms with Gasteiger partial charge in [0.2, 0.25) is 0 Å². The first-order chi connectivity index (χ1) is 15.8. The highest BCUT2D eigenvalue weighted by molar-refractivity contribution is 5.99. The van der Waals surface area contributed by atoms with Crippen LogP contribution >= 0.6 is 0 Å².